The average molecular weight is 476 g/mol. The largest absolute Gasteiger partial charge is 0.456 e. The molecule has 1 aliphatic rings. The standard InChI is InChI=1S/C20H18ClN5O3S2/c21-15-1-3-19(17(10-15)13-5-7-23-8-6-13)29-18-4-2-16(9-14(18)11-22)31(27,28)26-20-24-12-25-30-20/h1-4,9-10,12-13,23H,5-8H2,(H,24,25,26). The number of hydrogen-bond donors (Lipinski definition) is 2. The first-order valence-electron chi connectivity index (χ1n) is 9.48. The highest BCUT2D eigenvalue weighted by Gasteiger charge is 2.22. The van der Waals surface area contributed by atoms with Gasteiger partial charge in [0.2, 0.25) is 5.13 Å². The molecule has 0 saturated carbocycles. The molecule has 0 atom stereocenters. The second-order valence-corrected chi connectivity index (χ2v) is 9.83. The van der Waals surface area contributed by atoms with E-state index in [4.69, 9.17) is 16.3 Å². The topological polar surface area (TPSA) is 117 Å². The molecule has 4 rings (SSSR count). The van der Waals surface area contributed by atoms with Crippen LogP contribution in [0.15, 0.2) is 47.6 Å². The lowest BCUT2D eigenvalue weighted by Crippen LogP contribution is -2.26. The maximum absolute atomic E-state index is 12.6. The predicted octanol–water partition coefficient (Wildman–Crippen LogP) is 4.12. The van der Waals surface area contributed by atoms with Crippen LogP contribution in [0.1, 0.15) is 29.9 Å². The van der Waals surface area contributed by atoms with E-state index in [1.54, 1.807) is 12.1 Å². The molecule has 31 heavy (non-hydrogen) atoms. The van der Waals surface area contributed by atoms with E-state index in [1.165, 1.54) is 24.5 Å². The molecule has 11 heteroatoms. The molecule has 2 N–H and O–H groups in total. The van der Waals surface area contributed by atoms with Crippen molar-refractivity contribution in [3.63, 3.8) is 0 Å². The number of nitrogens with one attached hydrogen (secondary N) is 2. The number of anilines is 1. The van der Waals surface area contributed by atoms with Gasteiger partial charge in [-0.15, -0.1) is 0 Å². The highest BCUT2D eigenvalue weighted by molar-refractivity contribution is 7.93. The summed E-state index contributed by atoms with van der Waals surface area (Å²) >= 11 is 7.14. The predicted molar refractivity (Wildman–Crippen MR) is 118 cm³/mol. The minimum absolute atomic E-state index is 0.0683. The van der Waals surface area contributed by atoms with E-state index in [9.17, 15) is 13.7 Å². The van der Waals surface area contributed by atoms with Crippen LogP contribution in [0.5, 0.6) is 11.5 Å². The van der Waals surface area contributed by atoms with Crippen molar-refractivity contribution in [3.05, 3.63) is 58.9 Å². The Morgan fingerprint density at radius 1 is 1.19 bits per heavy atom. The molecule has 2 heterocycles. The molecule has 1 aliphatic heterocycles. The van der Waals surface area contributed by atoms with Crippen LogP contribution in [0.2, 0.25) is 5.02 Å². The number of piperidine rings is 1. The van der Waals surface area contributed by atoms with Crippen LogP contribution < -0.4 is 14.8 Å². The Labute approximate surface area is 189 Å². The first-order chi connectivity index (χ1) is 15.0. The van der Waals surface area contributed by atoms with Gasteiger partial charge in [-0.1, -0.05) is 11.6 Å². The molecule has 8 nitrogen and oxygen atoms in total. The Bertz CT molecular complexity index is 1220. The van der Waals surface area contributed by atoms with Gasteiger partial charge in [-0.05, 0) is 73.8 Å². The minimum Gasteiger partial charge on any atom is -0.456 e. The zero-order valence-corrected chi connectivity index (χ0v) is 18.6. The van der Waals surface area contributed by atoms with Crippen LogP contribution in [0.25, 0.3) is 0 Å². The second kappa shape index (κ2) is 9.20. The van der Waals surface area contributed by atoms with Crippen molar-refractivity contribution < 1.29 is 13.2 Å². The number of rotatable bonds is 6. The van der Waals surface area contributed by atoms with Gasteiger partial charge in [0.25, 0.3) is 10.0 Å². The normalized spacial score (nSPS) is 14.7. The van der Waals surface area contributed by atoms with Gasteiger partial charge < -0.3 is 10.1 Å². The van der Waals surface area contributed by atoms with E-state index in [1.807, 2.05) is 12.1 Å². The lowest BCUT2D eigenvalue weighted by Gasteiger charge is -2.25. The smallest absolute Gasteiger partial charge is 0.263 e. The minimum atomic E-state index is -3.91. The van der Waals surface area contributed by atoms with Crippen molar-refractivity contribution in [2.75, 3.05) is 17.8 Å². The summed E-state index contributed by atoms with van der Waals surface area (Å²) in [6, 6.07) is 11.6. The zero-order chi connectivity index (χ0) is 21.8. The fourth-order valence-corrected chi connectivity index (χ4v) is 5.30. The van der Waals surface area contributed by atoms with Crippen molar-refractivity contribution in [1.29, 1.82) is 5.26 Å². The number of sulfonamides is 1. The molecule has 160 valence electrons. The summed E-state index contributed by atoms with van der Waals surface area (Å²) in [6.07, 6.45) is 3.17. The zero-order valence-electron chi connectivity index (χ0n) is 16.2. The van der Waals surface area contributed by atoms with Gasteiger partial charge in [-0.25, -0.2) is 13.4 Å². The molecule has 0 amide bonds. The molecule has 2 aromatic carbocycles. The summed E-state index contributed by atoms with van der Waals surface area (Å²) in [7, 11) is -3.91. The molecule has 1 aromatic heterocycles. The van der Waals surface area contributed by atoms with E-state index >= 15 is 0 Å². The van der Waals surface area contributed by atoms with Crippen molar-refractivity contribution in [2.24, 2.45) is 0 Å². The highest BCUT2D eigenvalue weighted by Crippen LogP contribution is 2.38. The summed E-state index contributed by atoms with van der Waals surface area (Å²) in [5.74, 6) is 1.17. The van der Waals surface area contributed by atoms with Crippen molar-refractivity contribution in [2.45, 2.75) is 23.7 Å². The number of ether oxygens (including phenoxy) is 1. The first kappa shape index (κ1) is 21.5. The summed E-state index contributed by atoms with van der Waals surface area (Å²) in [5, 5.41) is 13.7. The van der Waals surface area contributed by atoms with Gasteiger partial charge in [0.05, 0.1) is 10.5 Å². The Morgan fingerprint density at radius 3 is 2.68 bits per heavy atom. The van der Waals surface area contributed by atoms with Crippen LogP contribution in [0, 0.1) is 11.3 Å². The molecule has 1 fully saturated rings. The van der Waals surface area contributed by atoms with E-state index in [-0.39, 0.29) is 27.3 Å². The van der Waals surface area contributed by atoms with Gasteiger partial charge in [0.15, 0.2) is 0 Å². The Kier molecular flexibility index (Phi) is 6.38. The average Bonchev–Trinajstić information content (AvgIpc) is 3.28. The van der Waals surface area contributed by atoms with Gasteiger partial charge in [-0.3, -0.25) is 4.72 Å². The van der Waals surface area contributed by atoms with Crippen LogP contribution in [0.4, 0.5) is 5.13 Å². The lowest BCUT2D eigenvalue weighted by atomic mass is 9.89. The summed E-state index contributed by atoms with van der Waals surface area (Å²) in [6.45, 7) is 1.82. The molecule has 0 spiro atoms. The Hall–Kier alpha value is -2.71. The fourth-order valence-electron chi connectivity index (χ4n) is 3.43. The molecule has 1 saturated heterocycles. The molecule has 0 bridgehead atoms. The molecular weight excluding hydrogens is 458 g/mol. The van der Waals surface area contributed by atoms with Gasteiger partial charge in [-0.2, -0.15) is 9.64 Å². The molecular formula is C20H18ClN5O3S2. The third kappa shape index (κ3) is 4.97. The van der Waals surface area contributed by atoms with E-state index in [2.05, 4.69) is 19.4 Å². The monoisotopic (exact) mass is 475 g/mol. The van der Waals surface area contributed by atoms with Crippen LogP contribution >= 0.6 is 23.1 Å². The maximum atomic E-state index is 12.6. The number of halogens is 1. The summed E-state index contributed by atoms with van der Waals surface area (Å²) in [4.78, 5) is 3.75. The lowest BCUT2D eigenvalue weighted by molar-refractivity contribution is 0.429. The van der Waals surface area contributed by atoms with Crippen molar-refractivity contribution in [1.82, 2.24) is 14.7 Å². The Balaban J connectivity index is 1.63. The van der Waals surface area contributed by atoms with Crippen molar-refractivity contribution in [3.8, 4) is 17.6 Å². The number of nitrogens with zero attached hydrogens (tertiary/aromatic N) is 3. The van der Waals surface area contributed by atoms with Gasteiger partial charge in [0, 0.05) is 16.6 Å². The molecule has 0 radical (unpaired) electrons. The fraction of sp³-hybridized carbons (Fsp3) is 0.250. The summed E-state index contributed by atoms with van der Waals surface area (Å²) < 4.78 is 37.4. The number of aromatic nitrogens is 2. The first-order valence-corrected chi connectivity index (χ1v) is 12.1. The molecule has 0 unspecified atom stereocenters. The van der Waals surface area contributed by atoms with Gasteiger partial charge in [0.1, 0.15) is 23.9 Å². The SMILES string of the molecule is N#Cc1cc(S(=O)(=O)Nc2ncns2)ccc1Oc1ccc(Cl)cc1C1CCNCC1. The number of benzene rings is 2. The summed E-state index contributed by atoms with van der Waals surface area (Å²) in [5.41, 5.74) is 1.08. The van der Waals surface area contributed by atoms with E-state index in [0.29, 0.717) is 10.8 Å². The van der Waals surface area contributed by atoms with Crippen molar-refractivity contribution >= 4 is 38.3 Å². The van der Waals surface area contributed by atoms with Crippen LogP contribution in [-0.2, 0) is 10.0 Å². The quantitative estimate of drug-likeness (QED) is 0.550. The Morgan fingerprint density at radius 2 is 1.97 bits per heavy atom. The molecule has 3 aromatic rings. The van der Waals surface area contributed by atoms with Crippen LogP contribution in [0.3, 0.4) is 0 Å². The van der Waals surface area contributed by atoms with E-state index < -0.39 is 10.0 Å². The van der Waals surface area contributed by atoms with Crippen LogP contribution in [-0.4, -0.2) is 30.9 Å². The highest BCUT2D eigenvalue weighted by atomic mass is 35.5. The van der Waals surface area contributed by atoms with Gasteiger partial charge >= 0.3 is 0 Å². The third-order valence-corrected chi connectivity index (χ3v) is 7.22. The van der Waals surface area contributed by atoms with E-state index in [0.717, 1.165) is 43.0 Å². The maximum Gasteiger partial charge on any atom is 0.263 e. The second-order valence-electron chi connectivity index (χ2n) is 6.93. The number of nitriles is 1. The number of hydrogen-bond acceptors (Lipinski definition) is 8. The third-order valence-electron chi connectivity index (χ3n) is 4.94. The molecule has 0 aliphatic carbocycles.